The molecule has 0 aromatic heterocycles. The van der Waals surface area contributed by atoms with Gasteiger partial charge in [0.05, 0.1) is 0 Å². The Hall–Kier alpha value is -1.44. The molecule has 8 heteroatoms. The normalized spacial score (nSPS) is 11.7. The molecule has 1 aromatic carbocycles. The van der Waals surface area contributed by atoms with Crippen LogP contribution in [0.15, 0.2) is 4.90 Å². The summed E-state index contributed by atoms with van der Waals surface area (Å²) in [6.07, 6.45) is 0.561. The molecule has 4 nitrogen and oxygen atoms in total. The SMILES string of the molecule is CS(=O)(=O)c1c(F)c(N)c(F)c(N)c1F. The van der Waals surface area contributed by atoms with E-state index in [1.807, 2.05) is 0 Å². The second-order valence-electron chi connectivity index (χ2n) is 2.87. The summed E-state index contributed by atoms with van der Waals surface area (Å²) in [6.45, 7) is 0. The minimum atomic E-state index is -4.20. The van der Waals surface area contributed by atoms with Gasteiger partial charge in [0.1, 0.15) is 16.3 Å². The van der Waals surface area contributed by atoms with Crippen molar-refractivity contribution in [2.75, 3.05) is 17.7 Å². The van der Waals surface area contributed by atoms with Gasteiger partial charge in [0.25, 0.3) is 0 Å². The highest BCUT2D eigenvalue weighted by Crippen LogP contribution is 2.31. The summed E-state index contributed by atoms with van der Waals surface area (Å²) in [5.41, 5.74) is 7.54. The van der Waals surface area contributed by atoms with Crippen LogP contribution < -0.4 is 11.5 Å². The van der Waals surface area contributed by atoms with Gasteiger partial charge in [-0.05, 0) is 0 Å². The maximum absolute atomic E-state index is 13.2. The predicted octanol–water partition coefficient (Wildman–Crippen LogP) is 0.672. The molecule has 0 unspecified atom stereocenters. The lowest BCUT2D eigenvalue weighted by Crippen LogP contribution is -2.12. The first kappa shape index (κ1) is 11.6. The molecule has 0 bridgehead atoms. The van der Waals surface area contributed by atoms with Crippen molar-refractivity contribution < 1.29 is 21.6 Å². The number of anilines is 2. The number of rotatable bonds is 1. The molecule has 0 aliphatic carbocycles. The number of nitrogens with two attached hydrogens (primary N) is 2. The lowest BCUT2D eigenvalue weighted by Gasteiger charge is -2.09. The van der Waals surface area contributed by atoms with Crippen LogP contribution in [0.1, 0.15) is 0 Å². The van der Waals surface area contributed by atoms with E-state index < -0.39 is 43.6 Å². The summed E-state index contributed by atoms with van der Waals surface area (Å²) in [5.74, 6) is -4.83. The highest BCUT2D eigenvalue weighted by molar-refractivity contribution is 7.90. The zero-order chi connectivity index (χ0) is 12.0. The number of benzene rings is 1. The van der Waals surface area contributed by atoms with Crippen LogP contribution in [0.4, 0.5) is 24.5 Å². The molecule has 15 heavy (non-hydrogen) atoms. The van der Waals surface area contributed by atoms with Crippen molar-refractivity contribution in [1.29, 1.82) is 0 Å². The molecular weight excluding hydrogens is 233 g/mol. The van der Waals surface area contributed by atoms with E-state index in [0.717, 1.165) is 0 Å². The fourth-order valence-corrected chi connectivity index (χ4v) is 1.88. The van der Waals surface area contributed by atoms with E-state index in [-0.39, 0.29) is 0 Å². The maximum Gasteiger partial charge on any atom is 0.181 e. The van der Waals surface area contributed by atoms with Crippen LogP contribution in [0, 0.1) is 17.5 Å². The summed E-state index contributed by atoms with van der Waals surface area (Å²) in [4.78, 5) is -1.32. The average Bonchev–Trinajstić information content (AvgIpc) is 2.09. The van der Waals surface area contributed by atoms with Crippen molar-refractivity contribution in [1.82, 2.24) is 0 Å². The van der Waals surface area contributed by atoms with E-state index in [1.54, 1.807) is 0 Å². The lowest BCUT2D eigenvalue weighted by atomic mass is 10.2. The van der Waals surface area contributed by atoms with Crippen LogP contribution in [-0.4, -0.2) is 14.7 Å². The molecule has 0 heterocycles. The molecule has 0 saturated heterocycles. The Morgan fingerprint density at radius 2 is 1.27 bits per heavy atom. The first-order chi connectivity index (χ1) is 6.68. The molecule has 0 saturated carbocycles. The van der Waals surface area contributed by atoms with Crippen LogP contribution in [0.3, 0.4) is 0 Å². The Balaban J connectivity index is 3.84. The molecule has 0 aliphatic rings. The predicted molar refractivity (Wildman–Crippen MR) is 48.3 cm³/mol. The van der Waals surface area contributed by atoms with Crippen LogP contribution in [-0.2, 0) is 9.84 Å². The van der Waals surface area contributed by atoms with Crippen LogP contribution in [0.5, 0.6) is 0 Å². The summed E-state index contributed by atoms with van der Waals surface area (Å²) in [7, 11) is -4.20. The average molecular weight is 240 g/mol. The van der Waals surface area contributed by atoms with Crippen molar-refractivity contribution in [2.24, 2.45) is 0 Å². The molecule has 0 atom stereocenters. The Labute approximate surface area is 83.6 Å². The first-order valence-electron chi connectivity index (χ1n) is 3.59. The molecule has 1 aromatic rings. The monoisotopic (exact) mass is 240 g/mol. The highest BCUT2D eigenvalue weighted by atomic mass is 32.2. The van der Waals surface area contributed by atoms with Crippen molar-refractivity contribution in [3.8, 4) is 0 Å². The lowest BCUT2D eigenvalue weighted by molar-refractivity contribution is 0.508. The van der Waals surface area contributed by atoms with Gasteiger partial charge in [-0.2, -0.15) is 0 Å². The minimum absolute atomic E-state index is 0.561. The third-order valence-electron chi connectivity index (χ3n) is 1.72. The fraction of sp³-hybridized carbons (Fsp3) is 0.143. The molecule has 0 amide bonds. The molecule has 0 spiro atoms. The topological polar surface area (TPSA) is 86.2 Å². The number of sulfone groups is 1. The molecule has 84 valence electrons. The van der Waals surface area contributed by atoms with Gasteiger partial charge >= 0.3 is 0 Å². The molecule has 0 radical (unpaired) electrons. The van der Waals surface area contributed by atoms with E-state index >= 15 is 0 Å². The van der Waals surface area contributed by atoms with Gasteiger partial charge in [0.15, 0.2) is 27.3 Å². The van der Waals surface area contributed by atoms with Crippen molar-refractivity contribution in [3.63, 3.8) is 0 Å². The van der Waals surface area contributed by atoms with Gasteiger partial charge in [0, 0.05) is 6.26 Å². The zero-order valence-electron chi connectivity index (χ0n) is 7.51. The standard InChI is InChI=1S/C7H7F3N2O2S/c1-15(13,14)7-3(9)5(11)2(8)6(12)4(7)10/h11-12H2,1H3. The number of halogens is 3. The van der Waals surface area contributed by atoms with E-state index in [9.17, 15) is 21.6 Å². The van der Waals surface area contributed by atoms with E-state index in [1.165, 1.54) is 0 Å². The molecule has 1 rings (SSSR count). The molecule has 0 aliphatic heterocycles. The van der Waals surface area contributed by atoms with Crippen molar-refractivity contribution in [2.45, 2.75) is 4.90 Å². The summed E-state index contributed by atoms with van der Waals surface area (Å²) in [6, 6.07) is 0. The zero-order valence-corrected chi connectivity index (χ0v) is 8.33. The van der Waals surface area contributed by atoms with Gasteiger partial charge in [-0.15, -0.1) is 0 Å². The van der Waals surface area contributed by atoms with E-state index in [2.05, 4.69) is 0 Å². The molecule has 0 fully saturated rings. The summed E-state index contributed by atoms with van der Waals surface area (Å²) >= 11 is 0. The maximum atomic E-state index is 13.2. The van der Waals surface area contributed by atoms with Gasteiger partial charge in [0.2, 0.25) is 0 Å². The van der Waals surface area contributed by atoms with E-state index in [4.69, 9.17) is 11.5 Å². The number of hydrogen-bond donors (Lipinski definition) is 2. The second-order valence-corrected chi connectivity index (χ2v) is 4.82. The van der Waals surface area contributed by atoms with Gasteiger partial charge in [-0.3, -0.25) is 0 Å². The van der Waals surface area contributed by atoms with Crippen molar-refractivity contribution >= 4 is 21.2 Å². The quantitative estimate of drug-likeness (QED) is 0.558. The van der Waals surface area contributed by atoms with Crippen LogP contribution in [0.25, 0.3) is 0 Å². The highest BCUT2D eigenvalue weighted by Gasteiger charge is 2.27. The fourth-order valence-electron chi connectivity index (χ4n) is 1.00. The second kappa shape index (κ2) is 3.30. The smallest absolute Gasteiger partial charge is 0.181 e. The number of hydrogen-bond acceptors (Lipinski definition) is 4. The van der Waals surface area contributed by atoms with Gasteiger partial charge < -0.3 is 11.5 Å². The first-order valence-corrected chi connectivity index (χ1v) is 5.48. The number of nitrogen functional groups attached to an aromatic ring is 2. The Morgan fingerprint density at radius 1 is 0.933 bits per heavy atom. The Bertz CT molecular complexity index is 499. The summed E-state index contributed by atoms with van der Waals surface area (Å²) in [5, 5.41) is 0. The minimum Gasteiger partial charge on any atom is -0.394 e. The Kier molecular flexibility index (Phi) is 2.56. The van der Waals surface area contributed by atoms with Gasteiger partial charge in [-0.1, -0.05) is 0 Å². The molecular formula is C7H7F3N2O2S. The van der Waals surface area contributed by atoms with Gasteiger partial charge in [-0.25, -0.2) is 21.6 Å². The van der Waals surface area contributed by atoms with Crippen molar-refractivity contribution in [3.05, 3.63) is 17.5 Å². The third kappa shape index (κ3) is 1.72. The summed E-state index contributed by atoms with van der Waals surface area (Å²) < 4.78 is 61.2. The largest absolute Gasteiger partial charge is 0.394 e. The Morgan fingerprint density at radius 3 is 1.53 bits per heavy atom. The van der Waals surface area contributed by atoms with Crippen LogP contribution in [0.2, 0.25) is 0 Å². The van der Waals surface area contributed by atoms with E-state index in [0.29, 0.717) is 6.26 Å². The van der Waals surface area contributed by atoms with Crippen LogP contribution >= 0.6 is 0 Å². The molecule has 4 N–H and O–H groups in total. The third-order valence-corrected chi connectivity index (χ3v) is 2.82.